The van der Waals surface area contributed by atoms with Crippen LogP contribution in [0.2, 0.25) is 0 Å². The number of H-pyrrole nitrogens is 1. The van der Waals surface area contributed by atoms with Crippen molar-refractivity contribution in [1.82, 2.24) is 9.97 Å². The van der Waals surface area contributed by atoms with E-state index < -0.39 is 17.6 Å². The highest BCUT2D eigenvalue weighted by molar-refractivity contribution is 6.42. The molecule has 0 atom stereocenters. The number of ketones is 1. The number of nitrogens with two attached hydrogens (primary N) is 2. The summed E-state index contributed by atoms with van der Waals surface area (Å²) in [5.74, 6) is 1.97. The average Bonchev–Trinajstić information content (AvgIpc) is 2.83. The van der Waals surface area contributed by atoms with Crippen LogP contribution in [0.1, 0.15) is 10.4 Å². The standard InChI is InChI=1S/C11H10FN5O3/c12-6-4-16-10(17(14)2-1-13)8-7(6)5(3-15-8)9(18)11(19)20/h1-4,15H,13-14H2,(H,19,20)/b2-1-. The Kier molecular flexibility index (Phi) is 3.36. The highest BCUT2D eigenvalue weighted by Gasteiger charge is 2.23. The SMILES string of the molecule is N/C=C\N(N)c1ncc(F)c2c(C(=O)C(=O)O)c[nH]c12. The van der Waals surface area contributed by atoms with Crippen molar-refractivity contribution in [3.8, 4) is 0 Å². The Morgan fingerprint density at radius 2 is 2.20 bits per heavy atom. The van der Waals surface area contributed by atoms with Crippen LogP contribution >= 0.6 is 0 Å². The second-order valence-corrected chi connectivity index (χ2v) is 3.77. The molecule has 2 heterocycles. The molecule has 0 aromatic carbocycles. The third kappa shape index (κ3) is 2.06. The molecule has 0 amide bonds. The van der Waals surface area contributed by atoms with E-state index in [1.54, 1.807) is 0 Å². The second-order valence-electron chi connectivity index (χ2n) is 3.77. The molecule has 0 aliphatic rings. The number of anilines is 1. The van der Waals surface area contributed by atoms with E-state index in [4.69, 9.17) is 16.7 Å². The topological polar surface area (TPSA) is 138 Å². The zero-order valence-electron chi connectivity index (χ0n) is 10.0. The van der Waals surface area contributed by atoms with Gasteiger partial charge in [-0.25, -0.2) is 20.0 Å². The molecule has 0 saturated heterocycles. The summed E-state index contributed by atoms with van der Waals surface area (Å²) in [5, 5.41) is 9.52. The van der Waals surface area contributed by atoms with Crippen LogP contribution in [0.4, 0.5) is 10.2 Å². The number of aliphatic carboxylic acids is 1. The van der Waals surface area contributed by atoms with E-state index in [1.165, 1.54) is 6.20 Å². The number of nitrogens with one attached hydrogen (secondary N) is 1. The maximum absolute atomic E-state index is 13.8. The summed E-state index contributed by atoms with van der Waals surface area (Å²) in [4.78, 5) is 28.6. The Hall–Kier alpha value is -2.94. The van der Waals surface area contributed by atoms with Gasteiger partial charge in [0.15, 0.2) is 11.6 Å². The maximum Gasteiger partial charge on any atom is 0.377 e. The largest absolute Gasteiger partial charge is 0.475 e. The molecule has 0 bridgehead atoms. The molecule has 0 unspecified atom stereocenters. The van der Waals surface area contributed by atoms with Crippen LogP contribution in [-0.4, -0.2) is 26.8 Å². The molecule has 0 radical (unpaired) electrons. The van der Waals surface area contributed by atoms with Crippen molar-refractivity contribution in [2.75, 3.05) is 5.01 Å². The Morgan fingerprint density at radius 3 is 2.80 bits per heavy atom. The Balaban J connectivity index is 2.70. The third-order valence-electron chi connectivity index (χ3n) is 2.57. The van der Waals surface area contributed by atoms with Gasteiger partial charge in [0.1, 0.15) is 0 Å². The fourth-order valence-corrected chi connectivity index (χ4v) is 1.75. The summed E-state index contributed by atoms with van der Waals surface area (Å²) in [5.41, 5.74) is 4.97. The van der Waals surface area contributed by atoms with Gasteiger partial charge in [0, 0.05) is 18.6 Å². The second kappa shape index (κ2) is 4.97. The van der Waals surface area contributed by atoms with E-state index in [2.05, 4.69) is 9.97 Å². The lowest BCUT2D eigenvalue weighted by molar-refractivity contribution is -0.131. The number of carboxylic acid groups (broad SMARTS) is 1. The molecule has 9 heteroatoms. The van der Waals surface area contributed by atoms with E-state index in [0.717, 1.165) is 23.6 Å². The number of Topliss-reactive ketones (excluding diaryl/α,β-unsaturated/α-hetero) is 1. The summed E-state index contributed by atoms with van der Waals surface area (Å²) in [7, 11) is 0. The number of hydrogen-bond acceptors (Lipinski definition) is 6. The lowest BCUT2D eigenvalue weighted by Gasteiger charge is -2.13. The number of carboxylic acids is 1. The molecule has 2 rings (SSSR count). The van der Waals surface area contributed by atoms with Crippen molar-refractivity contribution in [2.24, 2.45) is 11.6 Å². The first-order valence-corrected chi connectivity index (χ1v) is 5.33. The first-order chi connectivity index (χ1) is 9.47. The number of hydrazine groups is 1. The lowest BCUT2D eigenvalue weighted by atomic mass is 10.1. The number of pyridine rings is 1. The minimum Gasteiger partial charge on any atom is -0.475 e. The van der Waals surface area contributed by atoms with Gasteiger partial charge >= 0.3 is 5.97 Å². The van der Waals surface area contributed by atoms with Gasteiger partial charge in [0.2, 0.25) is 0 Å². The minimum absolute atomic E-state index is 0.0903. The number of aromatic nitrogens is 2. The first-order valence-electron chi connectivity index (χ1n) is 5.33. The quantitative estimate of drug-likeness (QED) is 0.269. The molecule has 0 saturated carbocycles. The minimum atomic E-state index is -1.69. The molecule has 0 aliphatic carbocycles. The number of carbonyl (C=O) groups excluding carboxylic acids is 1. The van der Waals surface area contributed by atoms with Gasteiger partial charge in [-0.05, 0) is 0 Å². The predicted octanol–water partition coefficient (Wildman–Crippen LogP) is 0.0793. The zero-order chi connectivity index (χ0) is 14.9. The fourth-order valence-electron chi connectivity index (χ4n) is 1.75. The molecule has 0 fully saturated rings. The van der Waals surface area contributed by atoms with E-state index in [9.17, 15) is 14.0 Å². The number of aromatic amines is 1. The van der Waals surface area contributed by atoms with Gasteiger partial charge in [0.25, 0.3) is 5.78 Å². The van der Waals surface area contributed by atoms with Crippen LogP contribution in [0.5, 0.6) is 0 Å². The monoisotopic (exact) mass is 279 g/mol. The van der Waals surface area contributed by atoms with E-state index >= 15 is 0 Å². The number of hydrogen-bond donors (Lipinski definition) is 4. The van der Waals surface area contributed by atoms with Crippen LogP contribution in [0.3, 0.4) is 0 Å². The van der Waals surface area contributed by atoms with Gasteiger partial charge in [-0.2, -0.15) is 0 Å². The van der Waals surface area contributed by atoms with Gasteiger partial charge in [0.05, 0.1) is 22.7 Å². The molecular formula is C11H10FN5O3. The van der Waals surface area contributed by atoms with Crippen molar-refractivity contribution in [3.05, 3.63) is 36.2 Å². The smallest absolute Gasteiger partial charge is 0.377 e. The summed E-state index contributed by atoms with van der Waals surface area (Å²) in [6.07, 6.45) is 4.34. The van der Waals surface area contributed by atoms with Gasteiger partial charge < -0.3 is 15.8 Å². The van der Waals surface area contributed by atoms with Crippen molar-refractivity contribution >= 4 is 28.5 Å². The van der Waals surface area contributed by atoms with Crippen molar-refractivity contribution in [1.29, 1.82) is 0 Å². The molecular weight excluding hydrogens is 269 g/mol. The number of fused-ring (bicyclic) bond motifs is 1. The highest BCUT2D eigenvalue weighted by atomic mass is 19.1. The normalized spacial score (nSPS) is 11.1. The molecule has 8 nitrogen and oxygen atoms in total. The Morgan fingerprint density at radius 1 is 1.50 bits per heavy atom. The van der Waals surface area contributed by atoms with Gasteiger partial charge in [-0.15, -0.1) is 0 Å². The van der Waals surface area contributed by atoms with Crippen LogP contribution in [0.25, 0.3) is 10.9 Å². The van der Waals surface area contributed by atoms with Crippen LogP contribution in [0, 0.1) is 5.82 Å². The molecule has 20 heavy (non-hydrogen) atoms. The van der Waals surface area contributed by atoms with E-state index in [-0.39, 0.29) is 22.3 Å². The summed E-state index contributed by atoms with van der Waals surface area (Å²) < 4.78 is 13.8. The van der Waals surface area contributed by atoms with Crippen molar-refractivity contribution in [2.45, 2.75) is 0 Å². The summed E-state index contributed by atoms with van der Waals surface area (Å²) in [6, 6.07) is 0. The number of halogens is 1. The van der Waals surface area contributed by atoms with E-state index in [0.29, 0.717) is 0 Å². The molecule has 0 aliphatic heterocycles. The van der Waals surface area contributed by atoms with Crippen molar-refractivity contribution < 1.29 is 19.1 Å². The fraction of sp³-hybridized carbons (Fsp3) is 0. The lowest BCUT2D eigenvalue weighted by Crippen LogP contribution is -2.26. The Labute approximate surface area is 111 Å². The molecule has 2 aromatic rings. The molecule has 6 N–H and O–H groups in total. The Bertz CT molecular complexity index is 724. The number of nitrogens with zero attached hydrogens (tertiary/aromatic N) is 2. The zero-order valence-corrected chi connectivity index (χ0v) is 10.0. The van der Waals surface area contributed by atoms with Crippen LogP contribution in [-0.2, 0) is 4.79 Å². The van der Waals surface area contributed by atoms with Gasteiger partial charge in [-0.1, -0.05) is 0 Å². The first kappa shape index (κ1) is 13.5. The average molecular weight is 279 g/mol. The summed E-state index contributed by atoms with van der Waals surface area (Å²) >= 11 is 0. The molecule has 104 valence electrons. The highest BCUT2D eigenvalue weighted by Crippen LogP contribution is 2.28. The third-order valence-corrected chi connectivity index (χ3v) is 2.57. The molecule has 0 spiro atoms. The van der Waals surface area contributed by atoms with Crippen molar-refractivity contribution in [3.63, 3.8) is 0 Å². The number of rotatable bonds is 4. The van der Waals surface area contributed by atoms with Gasteiger partial charge in [-0.3, -0.25) is 9.80 Å². The maximum atomic E-state index is 13.8. The predicted molar refractivity (Wildman–Crippen MR) is 68.0 cm³/mol. The molecule has 2 aromatic heterocycles. The van der Waals surface area contributed by atoms with Crippen LogP contribution < -0.4 is 16.6 Å². The number of carbonyl (C=O) groups is 2. The van der Waals surface area contributed by atoms with E-state index in [1.807, 2.05) is 0 Å². The van der Waals surface area contributed by atoms with Crippen LogP contribution in [0.15, 0.2) is 24.8 Å². The summed E-state index contributed by atoms with van der Waals surface area (Å²) in [6.45, 7) is 0.